The van der Waals surface area contributed by atoms with Gasteiger partial charge in [0, 0.05) is 35.1 Å². The average molecular weight is 382 g/mol. The molecule has 0 fully saturated rings. The standard InChI is InChI=1S/C18H12N2O4S.C2H6/c21-12-13-8-17(14-3-4-18-15(9-14)5-7-24-18)20(11-13)25(22,23)16-2-1-6-19-10-16;1-2/h1-12H;1-2H3. The van der Waals surface area contributed by atoms with Crippen LogP contribution in [0.25, 0.3) is 22.2 Å². The van der Waals surface area contributed by atoms with Gasteiger partial charge >= 0.3 is 0 Å². The Bertz CT molecular complexity index is 1180. The number of carbonyl (C=O) groups is 1. The van der Waals surface area contributed by atoms with Crippen molar-refractivity contribution in [2.45, 2.75) is 18.7 Å². The maximum Gasteiger partial charge on any atom is 0.269 e. The van der Waals surface area contributed by atoms with Gasteiger partial charge in [0.1, 0.15) is 10.5 Å². The van der Waals surface area contributed by atoms with Crippen LogP contribution in [0.15, 0.2) is 76.6 Å². The molecule has 4 rings (SSSR count). The van der Waals surface area contributed by atoms with Crippen molar-refractivity contribution in [3.63, 3.8) is 0 Å². The van der Waals surface area contributed by atoms with Crippen LogP contribution in [-0.2, 0) is 10.0 Å². The zero-order chi connectivity index (χ0) is 19.4. The Kier molecular flexibility index (Phi) is 5.23. The van der Waals surface area contributed by atoms with Crippen LogP contribution in [0.1, 0.15) is 24.2 Å². The normalized spacial score (nSPS) is 11.0. The molecule has 4 aromatic rings. The summed E-state index contributed by atoms with van der Waals surface area (Å²) in [5, 5.41) is 0.844. The number of fused-ring (bicyclic) bond motifs is 1. The lowest BCUT2D eigenvalue weighted by Crippen LogP contribution is -2.13. The Morgan fingerprint density at radius 3 is 2.63 bits per heavy atom. The van der Waals surface area contributed by atoms with Gasteiger partial charge in [-0.3, -0.25) is 9.78 Å². The van der Waals surface area contributed by atoms with Crippen molar-refractivity contribution in [1.29, 1.82) is 0 Å². The molecule has 0 saturated heterocycles. The van der Waals surface area contributed by atoms with Crippen LogP contribution in [0.5, 0.6) is 0 Å². The third-order valence-corrected chi connectivity index (χ3v) is 5.54. The molecule has 138 valence electrons. The van der Waals surface area contributed by atoms with Gasteiger partial charge in [0.25, 0.3) is 10.0 Å². The molecule has 0 radical (unpaired) electrons. The van der Waals surface area contributed by atoms with E-state index in [2.05, 4.69) is 4.98 Å². The molecule has 3 heterocycles. The molecule has 0 spiro atoms. The van der Waals surface area contributed by atoms with Crippen LogP contribution in [-0.4, -0.2) is 23.7 Å². The Morgan fingerprint density at radius 1 is 1.11 bits per heavy atom. The maximum atomic E-state index is 13.0. The summed E-state index contributed by atoms with van der Waals surface area (Å²) >= 11 is 0. The summed E-state index contributed by atoms with van der Waals surface area (Å²) in [7, 11) is -3.88. The minimum atomic E-state index is -3.88. The number of rotatable bonds is 4. The molecule has 7 heteroatoms. The first-order chi connectivity index (χ1) is 13.1. The summed E-state index contributed by atoms with van der Waals surface area (Å²) in [6.07, 6.45) is 6.27. The lowest BCUT2D eigenvalue weighted by Gasteiger charge is -2.10. The quantitative estimate of drug-likeness (QED) is 0.490. The van der Waals surface area contributed by atoms with E-state index in [-0.39, 0.29) is 10.5 Å². The van der Waals surface area contributed by atoms with E-state index in [4.69, 9.17) is 4.42 Å². The Balaban J connectivity index is 0.00000102. The van der Waals surface area contributed by atoms with Crippen LogP contribution in [0.2, 0.25) is 0 Å². The molecule has 0 unspecified atom stereocenters. The molecular weight excluding hydrogens is 364 g/mol. The van der Waals surface area contributed by atoms with E-state index in [9.17, 15) is 13.2 Å². The van der Waals surface area contributed by atoms with Crippen LogP contribution in [0.4, 0.5) is 0 Å². The molecule has 3 aromatic heterocycles. The first-order valence-corrected chi connectivity index (χ1v) is 9.84. The van der Waals surface area contributed by atoms with Gasteiger partial charge in [-0.05, 0) is 42.5 Å². The van der Waals surface area contributed by atoms with E-state index in [1.807, 2.05) is 19.9 Å². The second kappa shape index (κ2) is 7.59. The highest BCUT2D eigenvalue weighted by Crippen LogP contribution is 2.29. The minimum Gasteiger partial charge on any atom is -0.464 e. The van der Waals surface area contributed by atoms with Gasteiger partial charge in [0.15, 0.2) is 6.29 Å². The van der Waals surface area contributed by atoms with Crippen molar-refractivity contribution in [1.82, 2.24) is 8.96 Å². The fraction of sp³-hybridized carbons (Fsp3) is 0.100. The number of furan rings is 1. The van der Waals surface area contributed by atoms with Gasteiger partial charge in [0.05, 0.1) is 12.0 Å². The highest BCUT2D eigenvalue weighted by molar-refractivity contribution is 7.90. The van der Waals surface area contributed by atoms with Crippen molar-refractivity contribution < 1.29 is 17.6 Å². The van der Waals surface area contributed by atoms with Crippen LogP contribution < -0.4 is 0 Å². The summed E-state index contributed by atoms with van der Waals surface area (Å²) in [5.41, 5.74) is 2.03. The fourth-order valence-corrected chi connectivity index (χ4v) is 4.03. The van der Waals surface area contributed by atoms with E-state index in [1.54, 1.807) is 36.6 Å². The number of aromatic nitrogens is 2. The summed E-state index contributed by atoms with van der Waals surface area (Å²) < 4.78 is 32.3. The second-order valence-electron chi connectivity index (χ2n) is 5.44. The van der Waals surface area contributed by atoms with Crippen LogP contribution >= 0.6 is 0 Å². The summed E-state index contributed by atoms with van der Waals surface area (Å²) in [4.78, 5) is 15.1. The van der Waals surface area contributed by atoms with Crippen molar-refractivity contribution in [2.24, 2.45) is 0 Å². The minimum absolute atomic E-state index is 0.0497. The summed E-state index contributed by atoms with van der Waals surface area (Å²) in [5.74, 6) is 0. The van der Waals surface area contributed by atoms with Crippen LogP contribution in [0.3, 0.4) is 0 Å². The SMILES string of the molecule is CC.O=Cc1cc(-c2ccc3occc3c2)n(S(=O)(=O)c2cccnc2)c1. The smallest absolute Gasteiger partial charge is 0.269 e. The number of carbonyl (C=O) groups excluding carboxylic acids is 1. The van der Waals surface area contributed by atoms with Crippen molar-refractivity contribution >= 4 is 27.3 Å². The van der Waals surface area contributed by atoms with E-state index in [0.29, 0.717) is 23.1 Å². The van der Waals surface area contributed by atoms with E-state index in [0.717, 1.165) is 9.36 Å². The van der Waals surface area contributed by atoms with Gasteiger partial charge in [-0.15, -0.1) is 0 Å². The third kappa shape index (κ3) is 3.41. The Labute approximate surface area is 157 Å². The molecule has 27 heavy (non-hydrogen) atoms. The van der Waals surface area contributed by atoms with E-state index < -0.39 is 10.0 Å². The average Bonchev–Trinajstić information content (AvgIpc) is 3.36. The first kappa shape index (κ1) is 18.6. The topological polar surface area (TPSA) is 82.2 Å². The third-order valence-electron chi connectivity index (χ3n) is 3.88. The number of pyridine rings is 1. The highest BCUT2D eigenvalue weighted by atomic mass is 32.2. The molecule has 0 amide bonds. The molecule has 0 bridgehead atoms. The second-order valence-corrected chi connectivity index (χ2v) is 7.25. The predicted octanol–water partition coefficient (Wildman–Crippen LogP) is 4.37. The number of nitrogens with zero attached hydrogens (tertiary/aromatic N) is 2. The van der Waals surface area contributed by atoms with Crippen molar-refractivity contribution in [3.8, 4) is 11.3 Å². The van der Waals surface area contributed by atoms with Gasteiger partial charge < -0.3 is 4.42 Å². The Hall–Kier alpha value is -3.19. The van der Waals surface area contributed by atoms with Crippen molar-refractivity contribution in [3.05, 3.63) is 72.9 Å². The molecular formula is C20H18N2O4S. The molecule has 0 aliphatic rings. The van der Waals surface area contributed by atoms with Gasteiger partial charge in [-0.1, -0.05) is 13.8 Å². The first-order valence-electron chi connectivity index (χ1n) is 8.40. The Morgan fingerprint density at radius 2 is 1.93 bits per heavy atom. The fourth-order valence-electron chi connectivity index (χ4n) is 2.68. The maximum absolute atomic E-state index is 13.0. The number of hydrogen-bond acceptors (Lipinski definition) is 5. The zero-order valence-electron chi connectivity index (χ0n) is 14.9. The van der Waals surface area contributed by atoms with Gasteiger partial charge in [-0.25, -0.2) is 12.4 Å². The lowest BCUT2D eigenvalue weighted by atomic mass is 10.1. The molecule has 0 N–H and O–H groups in total. The highest BCUT2D eigenvalue weighted by Gasteiger charge is 2.22. The number of aldehydes is 1. The molecule has 0 aliphatic heterocycles. The molecule has 0 aliphatic carbocycles. The molecule has 6 nitrogen and oxygen atoms in total. The molecule has 0 atom stereocenters. The molecule has 1 aromatic carbocycles. The zero-order valence-corrected chi connectivity index (χ0v) is 15.7. The largest absolute Gasteiger partial charge is 0.464 e. The summed E-state index contributed by atoms with van der Waals surface area (Å²) in [6.45, 7) is 4.00. The lowest BCUT2D eigenvalue weighted by molar-refractivity contribution is 0.112. The summed E-state index contributed by atoms with van der Waals surface area (Å²) in [6, 6.07) is 11.7. The number of hydrogen-bond donors (Lipinski definition) is 0. The monoisotopic (exact) mass is 382 g/mol. The molecule has 0 saturated carbocycles. The number of benzene rings is 1. The van der Waals surface area contributed by atoms with E-state index in [1.165, 1.54) is 24.7 Å². The van der Waals surface area contributed by atoms with Gasteiger partial charge in [0.2, 0.25) is 0 Å². The van der Waals surface area contributed by atoms with Crippen molar-refractivity contribution in [2.75, 3.05) is 0 Å². The predicted molar refractivity (Wildman–Crippen MR) is 103 cm³/mol. The van der Waals surface area contributed by atoms with Gasteiger partial charge in [-0.2, -0.15) is 0 Å². The van der Waals surface area contributed by atoms with Crippen LogP contribution in [0, 0.1) is 0 Å². The van der Waals surface area contributed by atoms with E-state index >= 15 is 0 Å².